The van der Waals surface area contributed by atoms with Gasteiger partial charge in [-0.25, -0.2) is 4.98 Å². The van der Waals surface area contributed by atoms with Crippen molar-refractivity contribution in [2.24, 2.45) is 7.05 Å². The van der Waals surface area contributed by atoms with Crippen LogP contribution in [0.25, 0.3) is 11.3 Å². The molecule has 0 radical (unpaired) electrons. The van der Waals surface area contributed by atoms with Crippen LogP contribution in [0.2, 0.25) is 5.02 Å². The Morgan fingerprint density at radius 2 is 1.87 bits per heavy atom. The quantitative estimate of drug-likeness (QED) is 0.337. The summed E-state index contributed by atoms with van der Waals surface area (Å²) in [4.78, 5) is 38.0. The van der Waals surface area contributed by atoms with Crippen LogP contribution in [-0.2, 0) is 13.5 Å². The smallest absolute Gasteiger partial charge is 0.274 e. The van der Waals surface area contributed by atoms with Crippen LogP contribution in [0.4, 0.5) is 5.69 Å². The molecule has 4 aromatic rings. The van der Waals surface area contributed by atoms with Crippen molar-refractivity contribution in [1.29, 1.82) is 5.26 Å². The summed E-state index contributed by atoms with van der Waals surface area (Å²) in [6.07, 6.45) is 3.89. The Morgan fingerprint density at radius 3 is 2.49 bits per heavy atom. The maximum atomic E-state index is 14.2. The van der Waals surface area contributed by atoms with Gasteiger partial charge in [0.15, 0.2) is 0 Å². The second-order valence-electron chi connectivity index (χ2n) is 9.63. The number of amides is 1. The maximum Gasteiger partial charge on any atom is 0.274 e. The van der Waals surface area contributed by atoms with Crippen molar-refractivity contribution < 1.29 is 9.53 Å². The monoisotopic (exact) mass is 542 g/mol. The van der Waals surface area contributed by atoms with Gasteiger partial charge in [0.1, 0.15) is 17.6 Å². The van der Waals surface area contributed by atoms with Gasteiger partial charge in [0.25, 0.3) is 11.5 Å². The van der Waals surface area contributed by atoms with E-state index in [9.17, 15) is 14.9 Å². The predicted octanol–water partition coefficient (Wildman–Crippen LogP) is 5.07. The number of halogens is 1. The maximum absolute atomic E-state index is 14.2. The number of nitriles is 1. The number of hydrogen-bond donors (Lipinski definition) is 0. The number of anilines is 1. The molecule has 39 heavy (non-hydrogen) atoms. The lowest BCUT2D eigenvalue weighted by Crippen LogP contribution is -2.35. The molecule has 9 nitrogen and oxygen atoms in total. The standard InChI is InChI=1S/C29H27ClN6O3/c1-6-24-32-14-21(27(33-24)39-5)22-12-20-26(35(22)16(2)3)25(18-9-7-17(13-31)8-10-18)36(28(20)37)23-11-19(30)15-34(4)29(23)38/h7-12,14-16,25H,6H2,1-5H3/t25-/m0/s1. The molecule has 0 N–H and O–H groups in total. The predicted molar refractivity (Wildman–Crippen MR) is 148 cm³/mol. The molecular formula is C29H27ClN6O3. The van der Waals surface area contributed by atoms with Crippen LogP contribution in [0.15, 0.2) is 53.6 Å². The number of aryl methyl sites for hydroxylation is 2. The number of ether oxygens (including phenoxy) is 1. The summed E-state index contributed by atoms with van der Waals surface area (Å²) < 4.78 is 9.06. The number of benzene rings is 1. The van der Waals surface area contributed by atoms with Crippen molar-refractivity contribution in [2.75, 3.05) is 12.0 Å². The van der Waals surface area contributed by atoms with Crippen molar-refractivity contribution in [1.82, 2.24) is 19.1 Å². The van der Waals surface area contributed by atoms with Crippen molar-refractivity contribution in [3.63, 3.8) is 0 Å². The van der Waals surface area contributed by atoms with Gasteiger partial charge in [-0.3, -0.25) is 14.5 Å². The SMILES string of the molecule is CCc1ncc(-c2cc3c(n2C(C)C)[C@H](c2ccc(C#N)cc2)N(c2cc(Cl)cn(C)c2=O)C3=O)c(OC)n1. The minimum absolute atomic E-state index is 0.0740. The van der Waals surface area contributed by atoms with Gasteiger partial charge in [-0.1, -0.05) is 30.7 Å². The molecule has 0 aliphatic carbocycles. The van der Waals surface area contributed by atoms with Gasteiger partial charge < -0.3 is 13.9 Å². The van der Waals surface area contributed by atoms with Crippen LogP contribution in [0.3, 0.4) is 0 Å². The molecule has 1 aromatic carbocycles. The fourth-order valence-corrected chi connectivity index (χ4v) is 5.40. The summed E-state index contributed by atoms with van der Waals surface area (Å²) in [5.41, 5.74) is 3.64. The lowest BCUT2D eigenvalue weighted by Gasteiger charge is -2.29. The van der Waals surface area contributed by atoms with Crippen LogP contribution >= 0.6 is 11.6 Å². The van der Waals surface area contributed by atoms with Crippen LogP contribution in [0.5, 0.6) is 5.88 Å². The van der Waals surface area contributed by atoms with E-state index in [-0.39, 0.29) is 23.2 Å². The minimum atomic E-state index is -0.649. The highest BCUT2D eigenvalue weighted by Crippen LogP contribution is 2.46. The molecule has 0 saturated heterocycles. The molecule has 1 aliphatic heterocycles. The lowest BCUT2D eigenvalue weighted by molar-refractivity contribution is 0.0993. The molecule has 0 unspecified atom stereocenters. The first-order chi connectivity index (χ1) is 18.7. The summed E-state index contributed by atoms with van der Waals surface area (Å²) in [5.74, 6) is 0.743. The first kappa shape index (κ1) is 26.2. The highest BCUT2D eigenvalue weighted by molar-refractivity contribution is 6.30. The first-order valence-electron chi connectivity index (χ1n) is 12.5. The number of aromatic nitrogens is 4. The molecule has 4 heterocycles. The summed E-state index contributed by atoms with van der Waals surface area (Å²) in [6, 6.07) is 11.8. The molecule has 10 heteroatoms. The molecule has 3 aromatic heterocycles. The molecule has 0 bridgehead atoms. The number of hydrogen-bond acceptors (Lipinski definition) is 6. The largest absolute Gasteiger partial charge is 0.480 e. The fourth-order valence-electron chi connectivity index (χ4n) is 5.15. The zero-order chi connectivity index (χ0) is 28.0. The molecular weight excluding hydrogens is 516 g/mol. The van der Waals surface area contributed by atoms with E-state index >= 15 is 0 Å². The second-order valence-corrected chi connectivity index (χ2v) is 10.1. The third kappa shape index (κ3) is 4.27. The highest BCUT2D eigenvalue weighted by Gasteiger charge is 2.44. The van der Waals surface area contributed by atoms with E-state index in [1.54, 1.807) is 32.5 Å². The van der Waals surface area contributed by atoms with Gasteiger partial charge in [0.2, 0.25) is 5.88 Å². The topological polar surface area (TPSA) is 106 Å². The third-order valence-electron chi connectivity index (χ3n) is 6.89. The van der Waals surface area contributed by atoms with Gasteiger partial charge in [-0.05, 0) is 43.7 Å². The molecule has 1 amide bonds. The number of carbonyl (C=O) groups is 1. The Hall–Kier alpha value is -4.42. The average Bonchev–Trinajstić information content (AvgIpc) is 3.45. The summed E-state index contributed by atoms with van der Waals surface area (Å²) in [6.45, 7) is 6.02. The number of nitrogens with zero attached hydrogens (tertiary/aromatic N) is 6. The fraction of sp³-hybridized carbons (Fsp3) is 0.276. The Balaban J connectivity index is 1.81. The Kier molecular flexibility index (Phi) is 6.74. The van der Waals surface area contributed by atoms with Gasteiger partial charge in [-0.15, -0.1) is 0 Å². The number of carbonyl (C=O) groups excluding carboxylic acids is 1. The third-order valence-corrected chi connectivity index (χ3v) is 7.10. The van der Waals surface area contributed by atoms with Crippen LogP contribution < -0.4 is 15.2 Å². The minimum Gasteiger partial charge on any atom is -0.480 e. The van der Waals surface area contributed by atoms with Crippen LogP contribution in [-0.4, -0.2) is 32.1 Å². The molecule has 1 atom stereocenters. The van der Waals surface area contributed by atoms with E-state index in [0.29, 0.717) is 39.8 Å². The van der Waals surface area contributed by atoms with Gasteiger partial charge in [0.05, 0.1) is 46.3 Å². The van der Waals surface area contributed by atoms with E-state index in [0.717, 1.165) is 17.0 Å². The Labute approximate surface area is 230 Å². The van der Waals surface area contributed by atoms with Crippen molar-refractivity contribution >= 4 is 23.2 Å². The molecule has 5 rings (SSSR count). The number of rotatable bonds is 6. The van der Waals surface area contributed by atoms with Gasteiger partial charge >= 0.3 is 0 Å². The van der Waals surface area contributed by atoms with Crippen molar-refractivity contribution in [3.05, 3.63) is 92.4 Å². The second kappa shape index (κ2) is 10.0. The van der Waals surface area contributed by atoms with Crippen molar-refractivity contribution in [2.45, 2.75) is 39.3 Å². The molecule has 0 fully saturated rings. The number of pyridine rings is 1. The van der Waals surface area contributed by atoms with Gasteiger partial charge in [0, 0.05) is 31.9 Å². The van der Waals surface area contributed by atoms with E-state index in [1.807, 2.05) is 39.0 Å². The van der Waals surface area contributed by atoms with E-state index < -0.39 is 6.04 Å². The summed E-state index contributed by atoms with van der Waals surface area (Å²) >= 11 is 6.35. The van der Waals surface area contributed by atoms with E-state index in [4.69, 9.17) is 16.3 Å². The summed E-state index contributed by atoms with van der Waals surface area (Å²) in [5, 5.41) is 9.69. The normalized spacial score (nSPS) is 14.6. The Morgan fingerprint density at radius 1 is 1.15 bits per heavy atom. The van der Waals surface area contributed by atoms with Crippen LogP contribution in [0, 0.1) is 11.3 Å². The van der Waals surface area contributed by atoms with Gasteiger partial charge in [-0.2, -0.15) is 10.2 Å². The lowest BCUT2D eigenvalue weighted by atomic mass is 10.0. The number of methoxy groups -OCH3 is 1. The zero-order valence-corrected chi connectivity index (χ0v) is 23.0. The van der Waals surface area contributed by atoms with Crippen molar-refractivity contribution in [3.8, 4) is 23.2 Å². The molecule has 0 spiro atoms. The average molecular weight is 543 g/mol. The molecule has 0 saturated carbocycles. The zero-order valence-electron chi connectivity index (χ0n) is 22.3. The van der Waals surface area contributed by atoms with E-state index in [2.05, 4.69) is 20.6 Å². The van der Waals surface area contributed by atoms with E-state index in [1.165, 1.54) is 21.7 Å². The first-order valence-corrected chi connectivity index (χ1v) is 12.9. The van der Waals surface area contributed by atoms with Crippen LogP contribution in [0.1, 0.15) is 65.9 Å². The molecule has 198 valence electrons. The number of fused-ring (bicyclic) bond motifs is 1. The highest BCUT2D eigenvalue weighted by atomic mass is 35.5. The Bertz CT molecular complexity index is 1700. The summed E-state index contributed by atoms with van der Waals surface area (Å²) in [7, 11) is 3.16. The molecule has 1 aliphatic rings.